The van der Waals surface area contributed by atoms with Gasteiger partial charge in [0.15, 0.2) is 0 Å². The van der Waals surface area contributed by atoms with Crippen molar-refractivity contribution in [2.24, 2.45) is 5.92 Å². The van der Waals surface area contributed by atoms with Crippen molar-refractivity contribution in [3.8, 4) is 0 Å². The molecular weight excluding hydrogens is 198 g/mol. The van der Waals surface area contributed by atoms with Crippen molar-refractivity contribution in [3.05, 3.63) is 0 Å². The third kappa shape index (κ3) is 12.0. The molecule has 0 aromatic heterocycles. The lowest BCUT2D eigenvalue weighted by Crippen LogP contribution is -2.24. The average molecular weight is 229 g/mol. The molecule has 0 spiro atoms. The van der Waals surface area contributed by atoms with Crippen LogP contribution in [0.3, 0.4) is 0 Å². The maximum Gasteiger partial charge on any atom is 0.0468 e. The first kappa shape index (κ1) is 15.9. The van der Waals surface area contributed by atoms with E-state index >= 15 is 0 Å². The number of rotatable bonds is 12. The molecule has 0 fully saturated rings. The zero-order chi connectivity index (χ0) is 12.1. The van der Waals surface area contributed by atoms with Gasteiger partial charge in [-0.3, -0.25) is 0 Å². The molecule has 0 radical (unpaired) electrons. The number of nitrogens with one attached hydrogen (secondary N) is 1. The third-order valence-corrected chi connectivity index (χ3v) is 3.01. The van der Waals surface area contributed by atoms with E-state index in [-0.39, 0.29) is 0 Å². The molecule has 0 bridgehead atoms. The highest BCUT2D eigenvalue weighted by Gasteiger charge is 1.97. The molecule has 0 rings (SSSR count). The summed E-state index contributed by atoms with van der Waals surface area (Å²) < 4.78 is 0. The quantitative estimate of drug-likeness (QED) is 0.503. The van der Waals surface area contributed by atoms with E-state index in [1.54, 1.807) is 0 Å². The number of hydrogen-bond donors (Lipinski definition) is 2. The molecule has 1 atom stereocenters. The fourth-order valence-corrected chi connectivity index (χ4v) is 1.80. The second kappa shape index (κ2) is 13.0. The molecule has 0 amide bonds. The van der Waals surface area contributed by atoms with Gasteiger partial charge in [-0.1, -0.05) is 58.8 Å². The lowest BCUT2D eigenvalue weighted by atomic mass is 10.1. The number of aliphatic hydroxyl groups is 1. The summed E-state index contributed by atoms with van der Waals surface area (Å²) in [4.78, 5) is 0. The number of unbranched alkanes of at least 4 members (excludes halogenated alkanes) is 7. The Morgan fingerprint density at radius 1 is 0.938 bits per heavy atom. The van der Waals surface area contributed by atoms with Gasteiger partial charge in [0.1, 0.15) is 0 Å². The minimum atomic E-state index is 0.296. The Kier molecular flexibility index (Phi) is 12.9. The van der Waals surface area contributed by atoms with Gasteiger partial charge in [0, 0.05) is 6.61 Å². The first-order chi connectivity index (χ1) is 7.81. The smallest absolute Gasteiger partial charge is 0.0468 e. The van der Waals surface area contributed by atoms with Gasteiger partial charge in [-0.25, -0.2) is 0 Å². The molecule has 0 aromatic carbocycles. The molecular formula is C14H31NO. The van der Waals surface area contributed by atoms with Crippen molar-refractivity contribution < 1.29 is 5.11 Å². The van der Waals surface area contributed by atoms with E-state index in [4.69, 9.17) is 5.11 Å². The Morgan fingerprint density at radius 3 is 2.06 bits per heavy atom. The van der Waals surface area contributed by atoms with Gasteiger partial charge in [-0.2, -0.15) is 0 Å². The van der Waals surface area contributed by atoms with Crippen LogP contribution in [0.5, 0.6) is 0 Å². The summed E-state index contributed by atoms with van der Waals surface area (Å²) in [5.41, 5.74) is 0. The Bertz CT molecular complexity index is 128. The van der Waals surface area contributed by atoms with Gasteiger partial charge in [-0.15, -0.1) is 0 Å². The van der Waals surface area contributed by atoms with Crippen molar-refractivity contribution in [1.82, 2.24) is 5.32 Å². The van der Waals surface area contributed by atoms with E-state index < -0.39 is 0 Å². The van der Waals surface area contributed by atoms with Crippen LogP contribution in [-0.4, -0.2) is 24.8 Å². The summed E-state index contributed by atoms with van der Waals surface area (Å²) in [5, 5.41) is 12.2. The van der Waals surface area contributed by atoms with Crippen LogP contribution in [-0.2, 0) is 0 Å². The second-order valence-electron chi connectivity index (χ2n) is 4.97. The highest BCUT2D eigenvalue weighted by atomic mass is 16.3. The minimum absolute atomic E-state index is 0.296. The van der Waals surface area contributed by atoms with Crippen molar-refractivity contribution in [3.63, 3.8) is 0 Å². The molecule has 0 saturated heterocycles. The summed E-state index contributed by atoms with van der Waals surface area (Å²) in [7, 11) is 0. The Balaban J connectivity index is 2.93. The average Bonchev–Trinajstić information content (AvgIpc) is 2.31. The van der Waals surface area contributed by atoms with E-state index in [9.17, 15) is 0 Å². The van der Waals surface area contributed by atoms with Gasteiger partial charge in [0.05, 0.1) is 0 Å². The molecule has 0 aliphatic carbocycles. The van der Waals surface area contributed by atoms with Crippen LogP contribution in [0.1, 0.15) is 65.2 Å². The summed E-state index contributed by atoms with van der Waals surface area (Å²) in [5.74, 6) is 0.397. The van der Waals surface area contributed by atoms with Gasteiger partial charge in [0.25, 0.3) is 0 Å². The fraction of sp³-hybridized carbons (Fsp3) is 1.00. The van der Waals surface area contributed by atoms with E-state index in [0.29, 0.717) is 12.5 Å². The summed E-state index contributed by atoms with van der Waals surface area (Å²) in [6.07, 6.45) is 11.0. The van der Waals surface area contributed by atoms with Crippen LogP contribution in [0.25, 0.3) is 0 Å². The molecule has 2 heteroatoms. The molecule has 0 saturated carbocycles. The van der Waals surface area contributed by atoms with E-state index in [1.165, 1.54) is 51.4 Å². The van der Waals surface area contributed by atoms with Gasteiger partial charge >= 0.3 is 0 Å². The SMILES string of the molecule is CCCCCCCCCCNCC(C)CO. The molecule has 1 unspecified atom stereocenters. The van der Waals surface area contributed by atoms with Crippen molar-refractivity contribution in [2.75, 3.05) is 19.7 Å². The van der Waals surface area contributed by atoms with Crippen LogP contribution < -0.4 is 5.32 Å². The standard InChI is InChI=1S/C14H31NO/c1-3-4-5-6-7-8-9-10-11-15-12-14(2)13-16/h14-16H,3-13H2,1-2H3. The highest BCUT2D eigenvalue weighted by molar-refractivity contribution is 4.55. The van der Waals surface area contributed by atoms with Crippen LogP contribution in [0, 0.1) is 5.92 Å². The molecule has 0 aromatic rings. The number of aliphatic hydroxyl groups excluding tert-OH is 1. The zero-order valence-corrected chi connectivity index (χ0v) is 11.3. The summed E-state index contributed by atoms with van der Waals surface area (Å²) in [6, 6.07) is 0. The molecule has 16 heavy (non-hydrogen) atoms. The van der Waals surface area contributed by atoms with E-state index in [2.05, 4.69) is 19.2 Å². The van der Waals surface area contributed by atoms with Crippen LogP contribution in [0.15, 0.2) is 0 Å². The highest BCUT2D eigenvalue weighted by Crippen LogP contribution is 2.07. The number of hydrogen-bond acceptors (Lipinski definition) is 2. The topological polar surface area (TPSA) is 32.3 Å². The largest absolute Gasteiger partial charge is 0.396 e. The van der Waals surface area contributed by atoms with Crippen LogP contribution in [0.2, 0.25) is 0 Å². The van der Waals surface area contributed by atoms with E-state index in [1.807, 2.05) is 0 Å². The molecule has 2 N–H and O–H groups in total. The monoisotopic (exact) mass is 229 g/mol. The Labute approximate surface area is 102 Å². The van der Waals surface area contributed by atoms with Gasteiger partial charge < -0.3 is 10.4 Å². The molecule has 0 heterocycles. The predicted octanol–water partition coefficient (Wildman–Crippen LogP) is 3.35. The fourth-order valence-electron chi connectivity index (χ4n) is 1.80. The van der Waals surface area contributed by atoms with Crippen molar-refractivity contribution in [2.45, 2.75) is 65.2 Å². The summed E-state index contributed by atoms with van der Waals surface area (Å²) in [6.45, 7) is 6.69. The van der Waals surface area contributed by atoms with Gasteiger partial charge in [0.2, 0.25) is 0 Å². The maximum absolute atomic E-state index is 8.84. The molecule has 98 valence electrons. The lowest BCUT2D eigenvalue weighted by Gasteiger charge is -2.09. The molecule has 2 nitrogen and oxygen atoms in total. The Morgan fingerprint density at radius 2 is 1.50 bits per heavy atom. The van der Waals surface area contributed by atoms with Crippen molar-refractivity contribution >= 4 is 0 Å². The summed E-state index contributed by atoms with van der Waals surface area (Å²) >= 11 is 0. The maximum atomic E-state index is 8.84. The van der Waals surface area contributed by atoms with Gasteiger partial charge in [-0.05, 0) is 25.4 Å². The molecule has 0 aliphatic heterocycles. The van der Waals surface area contributed by atoms with Crippen LogP contribution in [0.4, 0.5) is 0 Å². The lowest BCUT2D eigenvalue weighted by molar-refractivity contribution is 0.234. The van der Waals surface area contributed by atoms with Crippen LogP contribution >= 0.6 is 0 Å². The second-order valence-corrected chi connectivity index (χ2v) is 4.97. The molecule has 0 aliphatic rings. The van der Waals surface area contributed by atoms with E-state index in [0.717, 1.165) is 13.1 Å². The minimum Gasteiger partial charge on any atom is -0.396 e. The first-order valence-corrected chi connectivity index (χ1v) is 7.12. The predicted molar refractivity (Wildman–Crippen MR) is 71.7 cm³/mol. The Hall–Kier alpha value is -0.0800. The third-order valence-electron chi connectivity index (χ3n) is 3.01. The van der Waals surface area contributed by atoms with Crippen molar-refractivity contribution in [1.29, 1.82) is 0 Å². The first-order valence-electron chi connectivity index (χ1n) is 7.12. The zero-order valence-electron chi connectivity index (χ0n) is 11.3. The normalized spacial score (nSPS) is 12.9.